The average molecular weight is 512 g/mol. The third-order valence-corrected chi connectivity index (χ3v) is 8.57. The molecule has 1 saturated heterocycles. The lowest BCUT2D eigenvalue weighted by atomic mass is 9.85. The second kappa shape index (κ2) is 8.51. The van der Waals surface area contributed by atoms with E-state index in [1.807, 2.05) is 0 Å². The summed E-state index contributed by atoms with van der Waals surface area (Å²) in [6, 6.07) is 3.47. The molecular formula is C21H19F7N2O3S. The molecule has 1 amide bonds. The van der Waals surface area contributed by atoms with Crippen molar-refractivity contribution in [2.75, 3.05) is 11.4 Å². The predicted octanol–water partition coefficient (Wildman–Crippen LogP) is 5.25. The van der Waals surface area contributed by atoms with E-state index in [1.165, 1.54) is 13.8 Å². The number of nitrogens with zero attached hydrogens (tertiary/aromatic N) is 2. The summed E-state index contributed by atoms with van der Waals surface area (Å²) in [6.45, 7) is 2.33. The second-order valence-corrected chi connectivity index (χ2v) is 10.9. The topological polar surface area (TPSA) is 67.3 Å². The molecule has 3 rings (SSSR count). The summed E-state index contributed by atoms with van der Waals surface area (Å²) in [7, 11) is -4.34. The van der Waals surface area contributed by atoms with Crippen molar-refractivity contribution in [1.29, 1.82) is 0 Å². The first kappa shape index (κ1) is 25.9. The monoisotopic (exact) mass is 512 g/mol. The standard InChI is InChI=1S/C21H19F7N2O3S/c1-19(2,34(32,33)15-5-3-4-13(8-15)20(23,24)25)12-6-7-30(17(31)10-12)18-16(22)9-14(11-29-18)21(26,27)28/h3-5,8-9,11-12H,6-7,10H2,1-2H3/t12-/m1/s1. The molecule has 0 bridgehead atoms. The summed E-state index contributed by atoms with van der Waals surface area (Å²) in [5.41, 5.74) is -2.47. The summed E-state index contributed by atoms with van der Waals surface area (Å²) in [4.78, 5) is 16.4. The van der Waals surface area contributed by atoms with Crippen molar-refractivity contribution in [1.82, 2.24) is 4.98 Å². The molecule has 0 spiro atoms. The van der Waals surface area contributed by atoms with E-state index in [-0.39, 0.29) is 19.0 Å². The highest BCUT2D eigenvalue weighted by Gasteiger charge is 2.47. The number of carbonyl (C=O) groups is 1. The number of benzene rings is 1. The Balaban J connectivity index is 1.85. The van der Waals surface area contributed by atoms with Crippen LogP contribution in [0.3, 0.4) is 0 Å². The minimum atomic E-state index is -4.83. The number of alkyl halides is 6. The Bertz CT molecular complexity index is 1210. The van der Waals surface area contributed by atoms with Gasteiger partial charge in [0.05, 0.1) is 20.8 Å². The fourth-order valence-electron chi connectivity index (χ4n) is 3.80. The second-order valence-electron chi connectivity index (χ2n) is 8.39. The number of rotatable bonds is 4. The first-order chi connectivity index (χ1) is 15.5. The van der Waals surface area contributed by atoms with Crippen LogP contribution in [0.1, 0.15) is 37.8 Å². The van der Waals surface area contributed by atoms with E-state index in [0.717, 1.165) is 23.1 Å². The van der Waals surface area contributed by atoms with Crippen LogP contribution in [0.4, 0.5) is 36.6 Å². The van der Waals surface area contributed by atoms with Crippen LogP contribution in [0.15, 0.2) is 41.4 Å². The van der Waals surface area contributed by atoms with Crippen molar-refractivity contribution in [3.8, 4) is 0 Å². The third-order valence-electron chi connectivity index (χ3n) is 5.98. The predicted molar refractivity (Wildman–Crippen MR) is 107 cm³/mol. The number of amides is 1. The highest BCUT2D eigenvalue weighted by molar-refractivity contribution is 7.92. The van der Waals surface area contributed by atoms with Crippen molar-refractivity contribution < 1.29 is 43.9 Å². The Morgan fingerprint density at radius 3 is 2.15 bits per heavy atom. The number of pyridine rings is 1. The van der Waals surface area contributed by atoms with Crippen LogP contribution < -0.4 is 4.90 Å². The number of halogens is 7. The lowest BCUT2D eigenvalue weighted by Gasteiger charge is -2.39. The van der Waals surface area contributed by atoms with Crippen LogP contribution >= 0.6 is 0 Å². The maximum Gasteiger partial charge on any atom is 0.417 e. The van der Waals surface area contributed by atoms with E-state index in [0.29, 0.717) is 12.3 Å². The number of hydrogen-bond donors (Lipinski definition) is 0. The third kappa shape index (κ3) is 4.75. The molecule has 186 valence electrons. The number of piperidine rings is 1. The van der Waals surface area contributed by atoms with E-state index < -0.39 is 72.8 Å². The summed E-state index contributed by atoms with van der Waals surface area (Å²) in [5, 5.41) is 0. The summed E-state index contributed by atoms with van der Waals surface area (Å²) in [5.74, 6) is -3.60. The quantitative estimate of drug-likeness (QED) is 0.525. The molecule has 5 nitrogen and oxygen atoms in total. The van der Waals surface area contributed by atoms with Crippen LogP contribution in [0, 0.1) is 11.7 Å². The molecule has 13 heteroatoms. The van der Waals surface area contributed by atoms with Crippen LogP contribution in [-0.4, -0.2) is 30.6 Å². The Morgan fingerprint density at radius 1 is 1.00 bits per heavy atom. The van der Waals surface area contributed by atoms with Gasteiger partial charge >= 0.3 is 12.4 Å². The summed E-state index contributed by atoms with van der Waals surface area (Å²) < 4.78 is 116. The summed E-state index contributed by atoms with van der Waals surface area (Å²) in [6.07, 6.45) is -9.62. The number of aromatic nitrogens is 1. The minimum Gasteiger partial charge on any atom is -0.294 e. The van der Waals surface area contributed by atoms with E-state index in [2.05, 4.69) is 4.98 Å². The van der Waals surface area contributed by atoms with Crippen molar-refractivity contribution in [2.24, 2.45) is 5.92 Å². The van der Waals surface area contributed by atoms with Gasteiger partial charge < -0.3 is 0 Å². The van der Waals surface area contributed by atoms with Gasteiger partial charge in [0.25, 0.3) is 0 Å². The van der Waals surface area contributed by atoms with Gasteiger partial charge in [-0.05, 0) is 50.5 Å². The number of hydrogen-bond acceptors (Lipinski definition) is 4. The summed E-state index contributed by atoms with van der Waals surface area (Å²) >= 11 is 0. The number of anilines is 1. The molecule has 2 aromatic rings. The van der Waals surface area contributed by atoms with Crippen LogP contribution in [0.2, 0.25) is 0 Å². The minimum absolute atomic E-state index is 0.000919. The molecule has 0 saturated carbocycles. The van der Waals surface area contributed by atoms with Gasteiger partial charge in [0.2, 0.25) is 5.91 Å². The molecule has 34 heavy (non-hydrogen) atoms. The molecule has 2 heterocycles. The van der Waals surface area contributed by atoms with Crippen LogP contribution in [0.25, 0.3) is 0 Å². The molecule has 1 aromatic heterocycles. The normalized spacial score (nSPS) is 18.3. The van der Waals surface area contributed by atoms with Gasteiger partial charge in [-0.1, -0.05) is 6.07 Å². The van der Waals surface area contributed by atoms with Gasteiger partial charge in [0, 0.05) is 19.2 Å². The first-order valence-electron chi connectivity index (χ1n) is 9.91. The fraction of sp³-hybridized carbons (Fsp3) is 0.429. The van der Waals surface area contributed by atoms with E-state index in [4.69, 9.17) is 0 Å². The first-order valence-corrected chi connectivity index (χ1v) is 11.4. The lowest BCUT2D eigenvalue weighted by Crippen LogP contribution is -2.49. The zero-order valence-electron chi connectivity index (χ0n) is 17.8. The highest BCUT2D eigenvalue weighted by atomic mass is 32.2. The molecule has 1 fully saturated rings. The van der Waals surface area contributed by atoms with Gasteiger partial charge in [-0.3, -0.25) is 9.69 Å². The number of sulfone groups is 1. The molecule has 1 aliphatic rings. The lowest BCUT2D eigenvalue weighted by molar-refractivity contribution is -0.138. The Hall–Kier alpha value is -2.70. The molecule has 0 aliphatic carbocycles. The van der Waals surface area contributed by atoms with Crippen molar-refractivity contribution in [3.05, 3.63) is 53.5 Å². The zero-order chi connectivity index (χ0) is 25.7. The van der Waals surface area contributed by atoms with Gasteiger partial charge in [-0.2, -0.15) is 26.3 Å². The van der Waals surface area contributed by atoms with Gasteiger partial charge in [0.1, 0.15) is 0 Å². The Morgan fingerprint density at radius 2 is 1.62 bits per heavy atom. The fourth-order valence-corrected chi connectivity index (χ4v) is 5.58. The van der Waals surface area contributed by atoms with Gasteiger partial charge in [-0.25, -0.2) is 17.8 Å². The molecule has 0 N–H and O–H groups in total. The van der Waals surface area contributed by atoms with Crippen molar-refractivity contribution in [3.63, 3.8) is 0 Å². The SMILES string of the molecule is CC(C)([C@@H]1CCN(c2ncc(C(F)(F)F)cc2F)C(=O)C1)S(=O)(=O)c1cccc(C(F)(F)F)c1. The van der Waals surface area contributed by atoms with Gasteiger partial charge in [0.15, 0.2) is 21.5 Å². The maximum atomic E-state index is 14.3. The molecule has 1 atom stereocenters. The van der Waals surface area contributed by atoms with E-state index in [9.17, 15) is 43.9 Å². The maximum absolute atomic E-state index is 14.3. The molecular weight excluding hydrogens is 493 g/mol. The van der Waals surface area contributed by atoms with E-state index in [1.54, 1.807) is 0 Å². The average Bonchev–Trinajstić information content (AvgIpc) is 2.72. The zero-order valence-corrected chi connectivity index (χ0v) is 18.7. The van der Waals surface area contributed by atoms with Crippen molar-refractivity contribution >= 4 is 21.6 Å². The van der Waals surface area contributed by atoms with Crippen molar-refractivity contribution in [2.45, 2.75) is 48.7 Å². The Labute approximate surface area is 190 Å². The van der Waals surface area contributed by atoms with Gasteiger partial charge in [-0.15, -0.1) is 0 Å². The smallest absolute Gasteiger partial charge is 0.294 e. The molecule has 1 aliphatic heterocycles. The van der Waals surface area contributed by atoms with Crippen LogP contribution in [0.5, 0.6) is 0 Å². The van der Waals surface area contributed by atoms with E-state index >= 15 is 0 Å². The number of carbonyl (C=O) groups excluding carboxylic acids is 1. The largest absolute Gasteiger partial charge is 0.417 e. The Kier molecular flexibility index (Phi) is 6.48. The molecule has 1 aromatic carbocycles. The highest BCUT2D eigenvalue weighted by Crippen LogP contribution is 2.41. The molecule has 0 unspecified atom stereocenters. The molecule has 0 radical (unpaired) electrons. The van der Waals surface area contributed by atoms with Crippen LogP contribution in [-0.2, 0) is 27.0 Å².